The molecule has 8 nitrogen and oxygen atoms in total. The van der Waals surface area contributed by atoms with E-state index in [4.69, 9.17) is 14.6 Å². The number of esters is 1. The van der Waals surface area contributed by atoms with Crippen LogP contribution in [0.3, 0.4) is 0 Å². The van der Waals surface area contributed by atoms with Crippen molar-refractivity contribution in [2.75, 3.05) is 6.61 Å². The van der Waals surface area contributed by atoms with Crippen LogP contribution in [0.25, 0.3) is 6.08 Å². The van der Waals surface area contributed by atoms with Crippen molar-refractivity contribution < 1.29 is 24.2 Å². The molecule has 0 saturated carbocycles. The summed E-state index contributed by atoms with van der Waals surface area (Å²) in [5, 5.41) is 9.06. The van der Waals surface area contributed by atoms with E-state index in [9.17, 15) is 14.4 Å². The molecule has 5 rings (SSSR count). The molecular weight excluding hydrogens is 564 g/mol. The molecule has 1 aliphatic rings. The second kappa shape index (κ2) is 12.6. The predicted octanol–water partition coefficient (Wildman–Crippen LogP) is 5.20. The molecule has 0 aliphatic carbocycles. The lowest BCUT2D eigenvalue weighted by atomic mass is 9.93. The number of thiazole rings is 1. The Morgan fingerprint density at radius 2 is 1.70 bits per heavy atom. The van der Waals surface area contributed by atoms with Crippen LogP contribution >= 0.6 is 11.3 Å². The standard InChI is InChI=1S/C34H32N2O6S/c1-5-41-33(40)29-21(4)35-34-36(30(29)25-14-12-24(13-15-25)20(2)3)31(37)28(43-34)18-22-8-16-27(17-9-22)42-19-23-6-10-26(11-7-23)32(38)39/h6-18,20,30H,5,19H2,1-4H3,(H,38,39)/b28-18+/t30-/m0/s1. The van der Waals surface area contributed by atoms with Crippen LogP contribution in [-0.2, 0) is 16.1 Å². The number of carbonyl (C=O) groups excluding carboxylic acids is 1. The van der Waals surface area contributed by atoms with Crippen molar-refractivity contribution in [3.05, 3.63) is 132 Å². The average Bonchev–Trinajstić information content (AvgIpc) is 3.30. The SMILES string of the molecule is CCOC(=O)C1=C(C)N=c2s/c(=C/c3ccc(OCc4ccc(C(=O)O)cc4)cc3)c(=O)n2[C@H]1c1ccc(C(C)C)cc1. The van der Waals surface area contributed by atoms with Gasteiger partial charge in [-0.2, -0.15) is 0 Å². The fraction of sp³-hybridized carbons (Fsp3) is 0.235. The highest BCUT2D eigenvalue weighted by atomic mass is 32.1. The van der Waals surface area contributed by atoms with Crippen molar-refractivity contribution in [1.82, 2.24) is 4.57 Å². The van der Waals surface area contributed by atoms with E-state index in [1.54, 1.807) is 48.8 Å². The molecule has 2 heterocycles. The minimum atomic E-state index is -0.971. The number of ether oxygens (including phenoxy) is 2. The van der Waals surface area contributed by atoms with Gasteiger partial charge in [0.1, 0.15) is 12.4 Å². The number of carbonyl (C=O) groups is 2. The van der Waals surface area contributed by atoms with Crippen LogP contribution < -0.4 is 19.6 Å². The van der Waals surface area contributed by atoms with Crippen molar-refractivity contribution in [1.29, 1.82) is 0 Å². The van der Waals surface area contributed by atoms with E-state index >= 15 is 0 Å². The first-order valence-corrected chi connectivity index (χ1v) is 14.8. The molecular formula is C34H32N2O6S. The number of hydrogen-bond acceptors (Lipinski definition) is 7. The number of nitrogens with zero attached hydrogens (tertiary/aromatic N) is 2. The van der Waals surface area contributed by atoms with Gasteiger partial charge in [0.2, 0.25) is 0 Å². The van der Waals surface area contributed by atoms with Crippen molar-refractivity contribution >= 4 is 29.4 Å². The summed E-state index contributed by atoms with van der Waals surface area (Å²) in [7, 11) is 0. The molecule has 0 unspecified atom stereocenters. The van der Waals surface area contributed by atoms with Crippen molar-refractivity contribution in [3.63, 3.8) is 0 Å². The van der Waals surface area contributed by atoms with E-state index in [2.05, 4.69) is 18.8 Å². The number of carboxylic acid groups (broad SMARTS) is 1. The average molecular weight is 597 g/mol. The monoisotopic (exact) mass is 596 g/mol. The number of aromatic carboxylic acids is 1. The van der Waals surface area contributed by atoms with E-state index in [1.165, 1.54) is 11.3 Å². The molecule has 0 radical (unpaired) electrons. The molecule has 9 heteroatoms. The van der Waals surface area contributed by atoms with Crippen molar-refractivity contribution in [2.45, 2.75) is 46.3 Å². The summed E-state index contributed by atoms with van der Waals surface area (Å²) in [6, 6.07) is 21.2. The molecule has 1 aromatic heterocycles. The molecule has 0 saturated heterocycles. The molecule has 1 atom stereocenters. The zero-order valence-corrected chi connectivity index (χ0v) is 25.2. The molecule has 0 bridgehead atoms. The number of carboxylic acids is 1. The van der Waals surface area contributed by atoms with Gasteiger partial charge in [0.15, 0.2) is 4.80 Å². The summed E-state index contributed by atoms with van der Waals surface area (Å²) in [5.41, 5.74) is 4.51. The van der Waals surface area contributed by atoms with Crippen LogP contribution in [0.15, 0.2) is 93.9 Å². The number of benzene rings is 3. The first kappa shape index (κ1) is 29.7. The lowest BCUT2D eigenvalue weighted by Gasteiger charge is -2.25. The largest absolute Gasteiger partial charge is 0.489 e. The molecule has 43 heavy (non-hydrogen) atoms. The van der Waals surface area contributed by atoms with Crippen molar-refractivity contribution in [2.24, 2.45) is 4.99 Å². The Morgan fingerprint density at radius 1 is 1.02 bits per heavy atom. The second-order valence-corrected chi connectivity index (χ2v) is 11.5. The van der Waals surface area contributed by atoms with Crippen LogP contribution in [0.1, 0.15) is 72.3 Å². The van der Waals surface area contributed by atoms with Gasteiger partial charge in [-0.05, 0) is 72.4 Å². The Hall–Kier alpha value is -4.76. The highest BCUT2D eigenvalue weighted by Crippen LogP contribution is 2.31. The Bertz CT molecular complexity index is 1870. The van der Waals surface area contributed by atoms with Crippen LogP contribution in [0.2, 0.25) is 0 Å². The highest BCUT2D eigenvalue weighted by Gasteiger charge is 2.33. The van der Waals surface area contributed by atoms with E-state index in [1.807, 2.05) is 48.5 Å². The Kier molecular flexibility index (Phi) is 8.73. The van der Waals surface area contributed by atoms with E-state index in [0.29, 0.717) is 32.3 Å². The molecule has 1 aliphatic heterocycles. The van der Waals surface area contributed by atoms with Gasteiger partial charge in [-0.15, -0.1) is 0 Å². The number of hydrogen-bond donors (Lipinski definition) is 1. The zero-order valence-electron chi connectivity index (χ0n) is 24.4. The number of allylic oxidation sites excluding steroid dienone is 1. The molecule has 3 aromatic carbocycles. The van der Waals surface area contributed by atoms with E-state index in [0.717, 1.165) is 22.3 Å². The van der Waals surface area contributed by atoms with Crippen molar-refractivity contribution in [3.8, 4) is 5.75 Å². The number of fused-ring (bicyclic) bond motifs is 1. The van der Waals surface area contributed by atoms with Crippen LogP contribution in [0, 0.1) is 0 Å². The normalized spacial score (nSPS) is 14.8. The lowest BCUT2D eigenvalue weighted by molar-refractivity contribution is -0.139. The number of aromatic nitrogens is 1. The van der Waals surface area contributed by atoms with Gasteiger partial charge >= 0.3 is 11.9 Å². The maximum atomic E-state index is 13.8. The fourth-order valence-electron chi connectivity index (χ4n) is 4.89. The van der Waals surface area contributed by atoms with Gasteiger partial charge in [0, 0.05) is 0 Å². The summed E-state index contributed by atoms with van der Waals surface area (Å²) in [4.78, 5) is 43.2. The van der Waals surface area contributed by atoms with E-state index in [-0.39, 0.29) is 24.3 Å². The Morgan fingerprint density at radius 3 is 2.30 bits per heavy atom. The third-order valence-corrected chi connectivity index (χ3v) is 8.20. The topological polar surface area (TPSA) is 107 Å². The van der Waals surface area contributed by atoms with Gasteiger partial charge in [-0.3, -0.25) is 9.36 Å². The third-order valence-electron chi connectivity index (χ3n) is 7.22. The molecule has 0 amide bonds. The zero-order chi connectivity index (χ0) is 30.7. The fourth-order valence-corrected chi connectivity index (χ4v) is 5.94. The Balaban J connectivity index is 1.45. The van der Waals surface area contributed by atoms with E-state index < -0.39 is 18.0 Å². The summed E-state index contributed by atoms with van der Waals surface area (Å²) >= 11 is 1.28. The quantitative estimate of drug-likeness (QED) is 0.266. The lowest BCUT2D eigenvalue weighted by Crippen LogP contribution is -2.39. The highest BCUT2D eigenvalue weighted by molar-refractivity contribution is 7.07. The van der Waals surface area contributed by atoms with Crippen LogP contribution in [0.4, 0.5) is 0 Å². The Labute approximate surface area is 252 Å². The summed E-state index contributed by atoms with van der Waals surface area (Å²) < 4.78 is 13.3. The molecule has 0 fully saturated rings. The minimum absolute atomic E-state index is 0.218. The minimum Gasteiger partial charge on any atom is -0.489 e. The van der Waals surface area contributed by atoms with Gasteiger partial charge in [0.25, 0.3) is 5.56 Å². The third kappa shape index (κ3) is 6.36. The molecule has 4 aromatic rings. The number of rotatable bonds is 9. The first-order chi connectivity index (χ1) is 20.7. The van der Waals surface area contributed by atoms with Gasteiger partial charge in [0.05, 0.1) is 34.0 Å². The van der Waals surface area contributed by atoms with Gasteiger partial charge in [-0.25, -0.2) is 14.6 Å². The molecule has 1 N–H and O–H groups in total. The summed E-state index contributed by atoms with van der Waals surface area (Å²) in [5.74, 6) is -0.467. The maximum Gasteiger partial charge on any atom is 0.338 e. The van der Waals surface area contributed by atoms with Gasteiger partial charge in [-0.1, -0.05) is 73.7 Å². The summed E-state index contributed by atoms with van der Waals surface area (Å²) in [6.07, 6.45) is 1.81. The van der Waals surface area contributed by atoms with Crippen LogP contribution in [-0.4, -0.2) is 28.2 Å². The predicted molar refractivity (Wildman–Crippen MR) is 165 cm³/mol. The summed E-state index contributed by atoms with van der Waals surface area (Å²) in [6.45, 7) is 8.27. The molecule has 220 valence electrons. The first-order valence-electron chi connectivity index (χ1n) is 14.0. The van der Waals surface area contributed by atoms with Crippen LogP contribution in [0.5, 0.6) is 5.75 Å². The maximum absolute atomic E-state index is 13.8. The molecule has 0 spiro atoms. The smallest absolute Gasteiger partial charge is 0.338 e. The van der Waals surface area contributed by atoms with Gasteiger partial charge < -0.3 is 14.6 Å². The second-order valence-electron chi connectivity index (χ2n) is 10.5.